The lowest BCUT2D eigenvalue weighted by molar-refractivity contribution is 0.374. The van der Waals surface area contributed by atoms with E-state index in [2.05, 4.69) is 5.32 Å². The van der Waals surface area contributed by atoms with E-state index in [0.717, 1.165) is 32.1 Å². The molecule has 60 valence electrons. The van der Waals surface area contributed by atoms with E-state index in [-0.39, 0.29) is 0 Å². The zero-order chi connectivity index (χ0) is 7.40. The van der Waals surface area contributed by atoms with Crippen LogP contribution in [0.25, 0.3) is 0 Å². The third kappa shape index (κ3) is 1.68. The summed E-state index contributed by atoms with van der Waals surface area (Å²) in [5.41, 5.74) is 11.1. The van der Waals surface area contributed by atoms with Gasteiger partial charge in [-0.25, -0.2) is 0 Å². The van der Waals surface area contributed by atoms with E-state index in [4.69, 9.17) is 11.5 Å². The maximum atomic E-state index is 5.56. The van der Waals surface area contributed by atoms with Gasteiger partial charge in [0.05, 0.1) is 0 Å². The number of nitrogens with one attached hydrogen (secondary N) is 1. The molecule has 1 heterocycles. The Morgan fingerprint density at radius 2 is 2.10 bits per heavy atom. The van der Waals surface area contributed by atoms with Crippen molar-refractivity contribution in [3.8, 4) is 0 Å². The first-order valence-electron chi connectivity index (χ1n) is 3.99. The summed E-state index contributed by atoms with van der Waals surface area (Å²) in [7, 11) is 0. The Hall–Kier alpha value is -0.120. The van der Waals surface area contributed by atoms with Crippen LogP contribution in [0.15, 0.2) is 0 Å². The highest BCUT2D eigenvalue weighted by molar-refractivity contribution is 4.79. The molecule has 0 aliphatic carbocycles. The molecule has 0 radical (unpaired) electrons. The molecule has 1 unspecified atom stereocenters. The van der Waals surface area contributed by atoms with Crippen LogP contribution in [0.1, 0.15) is 6.42 Å². The summed E-state index contributed by atoms with van der Waals surface area (Å²) in [5, 5.41) is 3.31. The average Bonchev–Trinajstić information content (AvgIpc) is 2.43. The van der Waals surface area contributed by atoms with E-state index in [9.17, 15) is 0 Å². The van der Waals surface area contributed by atoms with Crippen LogP contribution < -0.4 is 16.8 Å². The maximum Gasteiger partial charge on any atom is -0.00164 e. The van der Waals surface area contributed by atoms with E-state index in [1.165, 1.54) is 6.42 Å². The minimum Gasteiger partial charge on any atom is -0.330 e. The summed E-state index contributed by atoms with van der Waals surface area (Å²) >= 11 is 0. The molecule has 0 aromatic heterocycles. The van der Waals surface area contributed by atoms with Crippen molar-refractivity contribution in [2.45, 2.75) is 6.42 Å². The zero-order valence-corrected chi connectivity index (χ0v) is 6.34. The Bertz CT molecular complexity index is 84.9. The molecule has 0 amide bonds. The summed E-state index contributed by atoms with van der Waals surface area (Å²) < 4.78 is 0. The molecular weight excluding hydrogens is 126 g/mol. The second-order valence-corrected chi connectivity index (χ2v) is 2.98. The minimum atomic E-state index is 0.537. The van der Waals surface area contributed by atoms with Gasteiger partial charge in [0.2, 0.25) is 0 Å². The number of hydrogen-bond acceptors (Lipinski definition) is 3. The lowest BCUT2D eigenvalue weighted by atomic mass is 9.92. The predicted molar refractivity (Wildman–Crippen MR) is 42.6 cm³/mol. The SMILES string of the molecule is NCC(CN)C1CCNC1. The van der Waals surface area contributed by atoms with Crippen LogP contribution in [0.2, 0.25) is 0 Å². The molecule has 0 aromatic carbocycles. The molecule has 1 aliphatic rings. The van der Waals surface area contributed by atoms with Gasteiger partial charge >= 0.3 is 0 Å². The van der Waals surface area contributed by atoms with Crippen molar-refractivity contribution in [2.24, 2.45) is 23.3 Å². The molecule has 3 nitrogen and oxygen atoms in total. The fourth-order valence-electron chi connectivity index (χ4n) is 1.56. The fraction of sp³-hybridized carbons (Fsp3) is 1.00. The smallest absolute Gasteiger partial charge is 0.00164 e. The van der Waals surface area contributed by atoms with Crippen molar-refractivity contribution < 1.29 is 0 Å². The van der Waals surface area contributed by atoms with Gasteiger partial charge in [-0.15, -0.1) is 0 Å². The quantitative estimate of drug-likeness (QED) is 0.481. The molecule has 0 saturated carbocycles. The first kappa shape index (κ1) is 7.98. The topological polar surface area (TPSA) is 64.1 Å². The highest BCUT2D eigenvalue weighted by atomic mass is 14.9. The molecule has 10 heavy (non-hydrogen) atoms. The van der Waals surface area contributed by atoms with Crippen LogP contribution in [0.4, 0.5) is 0 Å². The van der Waals surface area contributed by atoms with Crippen molar-refractivity contribution in [3.63, 3.8) is 0 Å². The highest BCUT2D eigenvalue weighted by Crippen LogP contribution is 2.16. The summed E-state index contributed by atoms with van der Waals surface area (Å²) in [4.78, 5) is 0. The molecule has 0 spiro atoms. The molecule has 1 rings (SSSR count). The number of hydrogen-bond donors (Lipinski definition) is 3. The summed E-state index contributed by atoms with van der Waals surface area (Å²) in [6, 6.07) is 0. The molecule has 1 aliphatic heterocycles. The standard InChI is InChI=1S/C7H17N3/c8-3-7(4-9)6-1-2-10-5-6/h6-7,10H,1-5,8-9H2. The average molecular weight is 143 g/mol. The van der Waals surface area contributed by atoms with Crippen LogP contribution in [0.5, 0.6) is 0 Å². The molecule has 1 saturated heterocycles. The van der Waals surface area contributed by atoms with Crippen LogP contribution in [-0.4, -0.2) is 26.2 Å². The third-order valence-electron chi connectivity index (χ3n) is 2.37. The summed E-state index contributed by atoms with van der Waals surface area (Å²) in [6.07, 6.45) is 1.25. The molecule has 0 bridgehead atoms. The Balaban J connectivity index is 2.29. The van der Waals surface area contributed by atoms with Gasteiger partial charge in [-0.05, 0) is 44.4 Å². The van der Waals surface area contributed by atoms with Crippen molar-refractivity contribution in [1.29, 1.82) is 0 Å². The van der Waals surface area contributed by atoms with E-state index < -0.39 is 0 Å². The van der Waals surface area contributed by atoms with Crippen molar-refractivity contribution in [1.82, 2.24) is 5.32 Å². The molecule has 1 fully saturated rings. The normalized spacial score (nSPS) is 26.1. The van der Waals surface area contributed by atoms with Gasteiger partial charge in [-0.1, -0.05) is 0 Å². The second-order valence-electron chi connectivity index (χ2n) is 2.98. The monoisotopic (exact) mass is 143 g/mol. The Morgan fingerprint density at radius 3 is 2.50 bits per heavy atom. The molecular formula is C7H17N3. The minimum absolute atomic E-state index is 0.537. The fourth-order valence-corrected chi connectivity index (χ4v) is 1.56. The lowest BCUT2D eigenvalue weighted by Crippen LogP contribution is -2.31. The van der Waals surface area contributed by atoms with Gasteiger partial charge in [-0.3, -0.25) is 0 Å². The van der Waals surface area contributed by atoms with Gasteiger partial charge in [0, 0.05) is 0 Å². The number of nitrogens with two attached hydrogens (primary N) is 2. The van der Waals surface area contributed by atoms with Crippen molar-refractivity contribution in [2.75, 3.05) is 26.2 Å². The zero-order valence-electron chi connectivity index (χ0n) is 6.34. The van der Waals surface area contributed by atoms with Crippen LogP contribution >= 0.6 is 0 Å². The molecule has 0 aromatic rings. The highest BCUT2D eigenvalue weighted by Gasteiger charge is 2.21. The first-order chi connectivity index (χ1) is 4.88. The van der Waals surface area contributed by atoms with Crippen LogP contribution in [0.3, 0.4) is 0 Å². The Morgan fingerprint density at radius 1 is 1.40 bits per heavy atom. The molecule has 3 heteroatoms. The molecule has 1 atom stereocenters. The Kier molecular flexibility index (Phi) is 3.12. The van der Waals surface area contributed by atoms with Crippen molar-refractivity contribution >= 4 is 0 Å². The molecule has 5 N–H and O–H groups in total. The van der Waals surface area contributed by atoms with E-state index in [1.54, 1.807) is 0 Å². The van der Waals surface area contributed by atoms with Crippen LogP contribution in [-0.2, 0) is 0 Å². The first-order valence-corrected chi connectivity index (χ1v) is 3.99. The summed E-state index contributed by atoms with van der Waals surface area (Å²) in [6.45, 7) is 3.73. The van der Waals surface area contributed by atoms with E-state index in [0.29, 0.717) is 5.92 Å². The largest absolute Gasteiger partial charge is 0.330 e. The lowest BCUT2D eigenvalue weighted by Gasteiger charge is -2.18. The van der Waals surface area contributed by atoms with Gasteiger partial charge in [0.25, 0.3) is 0 Å². The van der Waals surface area contributed by atoms with Gasteiger partial charge in [0.1, 0.15) is 0 Å². The van der Waals surface area contributed by atoms with Crippen LogP contribution in [0, 0.1) is 11.8 Å². The second kappa shape index (κ2) is 3.91. The third-order valence-corrected chi connectivity index (χ3v) is 2.37. The Labute approximate surface area is 62.2 Å². The predicted octanol–water partition coefficient (Wildman–Crippen LogP) is -0.870. The van der Waals surface area contributed by atoms with Gasteiger partial charge in [0.15, 0.2) is 0 Å². The van der Waals surface area contributed by atoms with E-state index >= 15 is 0 Å². The van der Waals surface area contributed by atoms with Crippen molar-refractivity contribution in [3.05, 3.63) is 0 Å². The summed E-state index contributed by atoms with van der Waals surface area (Å²) in [5.74, 6) is 1.27. The van der Waals surface area contributed by atoms with Gasteiger partial charge < -0.3 is 16.8 Å². The maximum absolute atomic E-state index is 5.56. The van der Waals surface area contributed by atoms with Gasteiger partial charge in [-0.2, -0.15) is 0 Å². The van der Waals surface area contributed by atoms with E-state index in [1.807, 2.05) is 0 Å². The number of rotatable bonds is 3.